The fourth-order valence-electron chi connectivity index (χ4n) is 2.86. The van der Waals surface area contributed by atoms with Crippen molar-refractivity contribution in [3.05, 3.63) is 35.9 Å². The highest BCUT2D eigenvalue weighted by atomic mass is 32.2. The van der Waals surface area contributed by atoms with Crippen molar-refractivity contribution in [2.45, 2.75) is 44.7 Å². The van der Waals surface area contributed by atoms with E-state index in [-0.39, 0.29) is 23.5 Å². The zero-order valence-corrected chi connectivity index (χ0v) is 13.9. The molecule has 1 heterocycles. The van der Waals surface area contributed by atoms with E-state index in [1.165, 1.54) is 4.90 Å². The largest absolute Gasteiger partial charge is 0.548 e. The summed E-state index contributed by atoms with van der Waals surface area (Å²) in [5, 5.41) is 11.1. The number of carbonyl (C=O) groups is 3. The molecule has 0 unspecified atom stereocenters. The Morgan fingerprint density at radius 3 is 2.57 bits per heavy atom. The van der Waals surface area contributed by atoms with Crippen LogP contribution in [0.25, 0.3) is 0 Å². The first-order chi connectivity index (χ1) is 11.0. The van der Waals surface area contributed by atoms with E-state index in [9.17, 15) is 19.5 Å². The van der Waals surface area contributed by atoms with Crippen LogP contribution in [-0.2, 0) is 9.59 Å². The van der Waals surface area contributed by atoms with Crippen LogP contribution in [0.3, 0.4) is 0 Å². The molecule has 0 radical (unpaired) electrons. The Bertz CT molecular complexity index is 575. The molecule has 1 aromatic carbocycles. The van der Waals surface area contributed by atoms with Crippen LogP contribution in [0.5, 0.6) is 0 Å². The molecule has 0 aliphatic carbocycles. The van der Waals surface area contributed by atoms with Crippen LogP contribution in [0.15, 0.2) is 30.3 Å². The van der Waals surface area contributed by atoms with Crippen molar-refractivity contribution in [2.24, 2.45) is 0 Å². The fourth-order valence-corrected chi connectivity index (χ4v) is 3.63. The minimum absolute atomic E-state index is 0.0819. The summed E-state index contributed by atoms with van der Waals surface area (Å²) < 4.78 is 0. The molecule has 1 aliphatic heterocycles. The van der Waals surface area contributed by atoms with E-state index in [1.807, 2.05) is 13.0 Å². The maximum Gasteiger partial charge on any atom is 0.224 e. The second-order valence-electron chi connectivity index (χ2n) is 5.67. The van der Waals surface area contributed by atoms with Crippen molar-refractivity contribution >= 4 is 28.8 Å². The molecule has 2 rings (SSSR count). The lowest BCUT2D eigenvalue weighted by molar-refractivity contribution is -0.312. The monoisotopic (exact) mass is 334 g/mol. The van der Waals surface area contributed by atoms with Crippen LogP contribution in [0.2, 0.25) is 0 Å². The van der Waals surface area contributed by atoms with Gasteiger partial charge >= 0.3 is 0 Å². The Morgan fingerprint density at radius 1 is 1.22 bits per heavy atom. The second-order valence-corrected chi connectivity index (χ2v) is 6.74. The number of piperidine rings is 1. The highest BCUT2D eigenvalue weighted by Crippen LogP contribution is 2.24. The molecule has 6 heteroatoms. The summed E-state index contributed by atoms with van der Waals surface area (Å²) >= 11 is 1.08. The lowest BCUT2D eigenvalue weighted by atomic mass is 9.96. The standard InChI is InChI=1S/C17H21NO4S/c1-12-6-5-9-14(16(20)21)18(12)15(19)10-11-23-17(22)13-7-3-2-4-8-13/h2-4,7-8,12,14H,5-6,9-11H2,1H3,(H,20,21)/p-1/t12-,14-/m1/s1. The predicted octanol–water partition coefficient (Wildman–Crippen LogP) is 1.47. The van der Waals surface area contributed by atoms with Gasteiger partial charge in [-0.25, -0.2) is 0 Å². The SMILES string of the molecule is C[C@@H]1CCC[C@H](C(=O)[O-])N1C(=O)CCSC(=O)c1ccccc1. The number of likely N-dealkylation sites (tertiary alicyclic amines) is 1. The minimum Gasteiger partial charge on any atom is -0.548 e. The average molecular weight is 334 g/mol. The van der Waals surface area contributed by atoms with Crippen molar-refractivity contribution in [1.29, 1.82) is 0 Å². The van der Waals surface area contributed by atoms with Gasteiger partial charge in [0.25, 0.3) is 0 Å². The fraction of sp³-hybridized carbons (Fsp3) is 0.471. The molecule has 124 valence electrons. The molecule has 1 amide bonds. The average Bonchev–Trinajstić information content (AvgIpc) is 2.55. The first-order valence-corrected chi connectivity index (χ1v) is 8.73. The Morgan fingerprint density at radius 2 is 1.91 bits per heavy atom. The molecule has 0 bridgehead atoms. The maximum absolute atomic E-state index is 12.4. The molecule has 23 heavy (non-hydrogen) atoms. The van der Waals surface area contributed by atoms with Gasteiger partial charge in [0.1, 0.15) is 0 Å². The smallest absolute Gasteiger partial charge is 0.224 e. The van der Waals surface area contributed by atoms with Gasteiger partial charge in [0, 0.05) is 23.8 Å². The van der Waals surface area contributed by atoms with Crippen molar-refractivity contribution in [2.75, 3.05) is 5.75 Å². The molecule has 2 atom stereocenters. The quantitative estimate of drug-likeness (QED) is 0.815. The molecular formula is C17H20NO4S-. The van der Waals surface area contributed by atoms with Gasteiger partial charge < -0.3 is 14.8 Å². The Balaban J connectivity index is 1.88. The number of carboxylic acids is 1. The van der Waals surface area contributed by atoms with Gasteiger partial charge in [-0.05, 0) is 26.2 Å². The molecule has 0 spiro atoms. The van der Waals surface area contributed by atoms with E-state index >= 15 is 0 Å². The summed E-state index contributed by atoms with van der Waals surface area (Å²) in [6.45, 7) is 1.86. The van der Waals surface area contributed by atoms with Crippen LogP contribution in [0.1, 0.15) is 43.0 Å². The Kier molecular flexibility index (Phi) is 6.21. The lowest BCUT2D eigenvalue weighted by Gasteiger charge is -2.41. The molecule has 5 nitrogen and oxygen atoms in total. The first-order valence-electron chi connectivity index (χ1n) is 7.75. The number of nitrogens with zero attached hydrogens (tertiary/aromatic N) is 1. The number of hydrogen-bond acceptors (Lipinski definition) is 5. The third kappa shape index (κ3) is 4.58. The first kappa shape index (κ1) is 17.5. The summed E-state index contributed by atoms with van der Waals surface area (Å²) in [5.74, 6) is -1.08. The van der Waals surface area contributed by atoms with E-state index < -0.39 is 12.0 Å². The van der Waals surface area contributed by atoms with Crippen LogP contribution >= 0.6 is 11.8 Å². The zero-order valence-electron chi connectivity index (χ0n) is 13.1. The highest BCUT2D eigenvalue weighted by molar-refractivity contribution is 8.14. The normalized spacial score (nSPS) is 21.0. The summed E-state index contributed by atoms with van der Waals surface area (Å²) in [5.41, 5.74) is 0.601. The van der Waals surface area contributed by atoms with Crippen molar-refractivity contribution < 1.29 is 19.5 Å². The molecule has 1 fully saturated rings. The summed E-state index contributed by atoms with van der Waals surface area (Å²) in [6, 6.07) is 7.93. The summed E-state index contributed by atoms with van der Waals surface area (Å²) in [6.07, 6.45) is 2.17. The Labute approximate surface area is 140 Å². The van der Waals surface area contributed by atoms with Gasteiger partial charge in [-0.3, -0.25) is 9.59 Å². The number of rotatable bonds is 5. The van der Waals surface area contributed by atoms with E-state index in [2.05, 4.69) is 0 Å². The van der Waals surface area contributed by atoms with Gasteiger partial charge in [0.15, 0.2) is 0 Å². The highest BCUT2D eigenvalue weighted by Gasteiger charge is 2.32. The van der Waals surface area contributed by atoms with Gasteiger partial charge in [-0.15, -0.1) is 0 Å². The van der Waals surface area contributed by atoms with Crippen LogP contribution in [-0.4, -0.2) is 39.7 Å². The summed E-state index contributed by atoms with van der Waals surface area (Å²) in [7, 11) is 0. The number of amides is 1. The molecule has 0 N–H and O–H groups in total. The molecule has 1 aromatic rings. The minimum atomic E-state index is -1.20. The van der Waals surface area contributed by atoms with Gasteiger partial charge in [-0.2, -0.15) is 0 Å². The molecule has 0 aromatic heterocycles. The van der Waals surface area contributed by atoms with Gasteiger partial charge in [0.2, 0.25) is 11.0 Å². The van der Waals surface area contributed by atoms with E-state index in [0.717, 1.165) is 24.6 Å². The number of thioether (sulfide) groups is 1. The van der Waals surface area contributed by atoms with E-state index in [0.29, 0.717) is 17.7 Å². The number of carboxylic acid groups (broad SMARTS) is 1. The Hall–Kier alpha value is -1.82. The predicted molar refractivity (Wildman–Crippen MR) is 86.8 cm³/mol. The van der Waals surface area contributed by atoms with Crippen LogP contribution in [0.4, 0.5) is 0 Å². The number of hydrogen-bond donors (Lipinski definition) is 0. The number of carbonyl (C=O) groups excluding carboxylic acids is 3. The van der Waals surface area contributed by atoms with Gasteiger partial charge in [-0.1, -0.05) is 42.1 Å². The van der Waals surface area contributed by atoms with E-state index in [1.54, 1.807) is 24.3 Å². The zero-order chi connectivity index (χ0) is 16.8. The third-order valence-corrected chi connectivity index (χ3v) is 4.93. The van der Waals surface area contributed by atoms with Crippen molar-refractivity contribution in [1.82, 2.24) is 4.90 Å². The number of benzene rings is 1. The van der Waals surface area contributed by atoms with Gasteiger partial charge in [0.05, 0.1) is 12.0 Å². The van der Waals surface area contributed by atoms with Crippen LogP contribution < -0.4 is 5.11 Å². The van der Waals surface area contributed by atoms with Crippen molar-refractivity contribution in [3.63, 3.8) is 0 Å². The second kappa shape index (κ2) is 8.15. The van der Waals surface area contributed by atoms with Crippen molar-refractivity contribution in [3.8, 4) is 0 Å². The molecular weight excluding hydrogens is 314 g/mol. The third-order valence-electron chi connectivity index (χ3n) is 4.03. The molecule has 1 aliphatic rings. The van der Waals surface area contributed by atoms with Crippen LogP contribution in [0, 0.1) is 0 Å². The topological polar surface area (TPSA) is 77.5 Å². The maximum atomic E-state index is 12.4. The molecule has 1 saturated heterocycles. The lowest BCUT2D eigenvalue weighted by Crippen LogP contribution is -2.56. The van der Waals surface area contributed by atoms with E-state index in [4.69, 9.17) is 0 Å². The molecule has 0 saturated carbocycles. The number of aliphatic carboxylic acids is 1. The summed E-state index contributed by atoms with van der Waals surface area (Å²) in [4.78, 5) is 37.0.